The summed E-state index contributed by atoms with van der Waals surface area (Å²) in [5.41, 5.74) is -0.386. The van der Waals surface area contributed by atoms with Gasteiger partial charge in [0.1, 0.15) is 0 Å². The highest BCUT2D eigenvalue weighted by Gasteiger charge is 2.31. The minimum Gasteiger partial charge on any atom is -0.411 e. The Morgan fingerprint density at radius 2 is 1.82 bits per heavy atom. The Balaban J connectivity index is 1.61. The predicted molar refractivity (Wildman–Crippen MR) is 101 cm³/mol. The summed E-state index contributed by atoms with van der Waals surface area (Å²) < 4.78 is 43.8. The molecule has 11 heteroatoms. The van der Waals surface area contributed by atoms with E-state index in [9.17, 15) is 18.0 Å². The van der Waals surface area contributed by atoms with Crippen molar-refractivity contribution in [1.82, 2.24) is 10.2 Å². The molecule has 5 nitrogen and oxygen atoms in total. The zero-order chi connectivity index (χ0) is 20.3. The van der Waals surface area contributed by atoms with Gasteiger partial charge < -0.3 is 9.73 Å². The zero-order valence-electron chi connectivity index (χ0n) is 13.8. The lowest BCUT2D eigenvalue weighted by atomic mass is 10.2. The molecule has 28 heavy (non-hydrogen) atoms. The molecule has 1 aromatic heterocycles. The van der Waals surface area contributed by atoms with Gasteiger partial charge in [-0.05, 0) is 42.5 Å². The molecule has 0 bridgehead atoms. The van der Waals surface area contributed by atoms with Gasteiger partial charge in [0, 0.05) is 10.6 Å². The van der Waals surface area contributed by atoms with Crippen LogP contribution in [-0.2, 0) is 11.0 Å². The second kappa shape index (κ2) is 8.42. The zero-order valence-corrected chi connectivity index (χ0v) is 16.1. The average molecular weight is 448 g/mol. The summed E-state index contributed by atoms with van der Waals surface area (Å²) in [5.74, 6) is -0.479. The van der Waals surface area contributed by atoms with E-state index in [-0.39, 0.29) is 27.6 Å². The maximum absolute atomic E-state index is 12.8. The molecule has 0 aliphatic rings. The number of nitrogens with one attached hydrogen (secondary N) is 1. The van der Waals surface area contributed by atoms with E-state index in [1.165, 1.54) is 0 Å². The maximum Gasteiger partial charge on any atom is 0.416 e. The van der Waals surface area contributed by atoms with Gasteiger partial charge in [-0.2, -0.15) is 13.2 Å². The van der Waals surface area contributed by atoms with Gasteiger partial charge in [0.15, 0.2) is 0 Å². The highest BCUT2D eigenvalue weighted by Crippen LogP contribution is 2.34. The van der Waals surface area contributed by atoms with Crippen LogP contribution in [0, 0.1) is 0 Å². The highest BCUT2D eigenvalue weighted by molar-refractivity contribution is 7.99. The van der Waals surface area contributed by atoms with Gasteiger partial charge in [-0.25, -0.2) is 0 Å². The molecule has 2 aromatic carbocycles. The summed E-state index contributed by atoms with van der Waals surface area (Å²) in [6.45, 7) is 0. The molecule has 0 aliphatic carbocycles. The van der Waals surface area contributed by atoms with Crippen molar-refractivity contribution in [2.24, 2.45) is 0 Å². The van der Waals surface area contributed by atoms with Gasteiger partial charge in [0.05, 0.1) is 22.0 Å². The predicted octanol–water partition coefficient (Wildman–Crippen LogP) is 5.79. The second-order valence-corrected chi connectivity index (χ2v) is 7.18. The first-order chi connectivity index (χ1) is 13.2. The van der Waals surface area contributed by atoms with Crippen LogP contribution in [0.2, 0.25) is 10.0 Å². The summed E-state index contributed by atoms with van der Waals surface area (Å²) in [5, 5.41) is 10.7. The van der Waals surface area contributed by atoms with E-state index in [1.54, 1.807) is 24.3 Å². The van der Waals surface area contributed by atoms with Gasteiger partial charge in [-0.3, -0.25) is 4.79 Å². The van der Waals surface area contributed by atoms with E-state index in [1.807, 2.05) is 0 Å². The normalized spacial score (nSPS) is 11.5. The Bertz CT molecular complexity index is 994. The topological polar surface area (TPSA) is 68.0 Å². The summed E-state index contributed by atoms with van der Waals surface area (Å²) in [6, 6.07) is 9.42. The number of nitrogens with zero attached hydrogens (tertiary/aromatic N) is 2. The van der Waals surface area contributed by atoms with Crippen LogP contribution in [0.15, 0.2) is 52.1 Å². The number of alkyl halides is 3. The first-order valence-corrected chi connectivity index (χ1v) is 9.35. The monoisotopic (exact) mass is 447 g/mol. The number of anilines is 1. The number of aromatic nitrogens is 2. The molecule has 3 rings (SSSR count). The Morgan fingerprint density at radius 1 is 1.11 bits per heavy atom. The number of rotatable bonds is 5. The molecular formula is C17H10Cl2F3N3O2S. The van der Waals surface area contributed by atoms with E-state index in [0.717, 1.165) is 30.0 Å². The lowest BCUT2D eigenvalue weighted by Crippen LogP contribution is -2.15. The van der Waals surface area contributed by atoms with Gasteiger partial charge in [0.2, 0.25) is 11.8 Å². The molecule has 0 unspecified atom stereocenters. The Hall–Kier alpha value is -2.23. The molecule has 1 heterocycles. The fourth-order valence-corrected chi connectivity index (χ4v) is 2.94. The van der Waals surface area contributed by atoms with Crippen LogP contribution in [0.4, 0.5) is 18.9 Å². The van der Waals surface area contributed by atoms with Crippen molar-refractivity contribution in [3.05, 3.63) is 58.1 Å². The van der Waals surface area contributed by atoms with Crippen LogP contribution in [0.1, 0.15) is 5.56 Å². The highest BCUT2D eigenvalue weighted by atomic mass is 35.5. The fourth-order valence-electron chi connectivity index (χ4n) is 2.09. The molecule has 146 valence electrons. The first-order valence-electron chi connectivity index (χ1n) is 7.61. The van der Waals surface area contributed by atoms with E-state index in [0.29, 0.717) is 10.6 Å². The van der Waals surface area contributed by atoms with Crippen molar-refractivity contribution in [3.8, 4) is 11.5 Å². The van der Waals surface area contributed by atoms with Crippen LogP contribution < -0.4 is 5.32 Å². The standard InChI is InChI=1S/C17H10Cl2F3N3O2S/c18-11-4-1-9(2-5-11)15-24-25-16(27-15)28-8-14(26)23-13-7-10(17(20,21)22)3-6-12(13)19/h1-7H,8H2,(H,23,26). The fraction of sp³-hybridized carbons (Fsp3) is 0.118. The molecule has 0 fully saturated rings. The van der Waals surface area contributed by atoms with Gasteiger partial charge in [-0.15, -0.1) is 10.2 Å². The van der Waals surface area contributed by atoms with Crippen molar-refractivity contribution in [2.45, 2.75) is 11.4 Å². The molecule has 0 atom stereocenters. The number of thioether (sulfide) groups is 1. The SMILES string of the molecule is O=C(CSc1nnc(-c2ccc(Cl)cc2)o1)Nc1cc(C(F)(F)F)ccc1Cl. The summed E-state index contributed by atoms with van der Waals surface area (Å²) in [7, 11) is 0. The van der Waals surface area contributed by atoms with Crippen LogP contribution in [-0.4, -0.2) is 21.9 Å². The minimum absolute atomic E-state index is 0.00540. The lowest BCUT2D eigenvalue weighted by Gasteiger charge is -2.11. The number of benzene rings is 2. The number of hydrogen-bond acceptors (Lipinski definition) is 5. The largest absolute Gasteiger partial charge is 0.416 e. The summed E-state index contributed by atoms with van der Waals surface area (Å²) in [4.78, 5) is 12.0. The molecule has 0 saturated carbocycles. The molecule has 0 radical (unpaired) electrons. The van der Waals surface area contributed by atoms with Crippen LogP contribution in [0.3, 0.4) is 0 Å². The third-order valence-electron chi connectivity index (χ3n) is 3.39. The van der Waals surface area contributed by atoms with E-state index >= 15 is 0 Å². The Kier molecular flexibility index (Phi) is 6.17. The van der Waals surface area contributed by atoms with Crippen LogP contribution in [0.25, 0.3) is 11.5 Å². The van der Waals surface area contributed by atoms with Gasteiger partial charge in [0.25, 0.3) is 5.22 Å². The quantitative estimate of drug-likeness (QED) is 0.501. The number of halogens is 5. The molecular weight excluding hydrogens is 438 g/mol. The summed E-state index contributed by atoms with van der Waals surface area (Å²) >= 11 is 12.6. The average Bonchev–Trinajstić information content (AvgIpc) is 3.10. The number of carbonyl (C=O) groups excluding carboxylic acids is 1. The Morgan fingerprint density at radius 3 is 2.50 bits per heavy atom. The van der Waals surface area contributed by atoms with Crippen molar-refractivity contribution < 1.29 is 22.4 Å². The van der Waals surface area contributed by atoms with E-state index in [2.05, 4.69) is 15.5 Å². The third-order valence-corrected chi connectivity index (χ3v) is 4.79. The van der Waals surface area contributed by atoms with Crippen molar-refractivity contribution in [2.75, 3.05) is 11.1 Å². The lowest BCUT2D eigenvalue weighted by molar-refractivity contribution is -0.137. The second-order valence-electron chi connectivity index (χ2n) is 5.41. The number of carbonyl (C=O) groups is 1. The first kappa shape index (κ1) is 20.5. The summed E-state index contributed by atoms with van der Waals surface area (Å²) in [6.07, 6.45) is -4.54. The molecule has 0 spiro atoms. The van der Waals surface area contributed by atoms with E-state index in [4.69, 9.17) is 27.6 Å². The van der Waals surface area contributed by atoms with E-state index < -0.39 is 17.6 Å². The number of hydrogen-bond donors (Lipinski definition) is 1. The van der Waals surface area contributed by atoms with Crippen molar-refractivity contribution in [3.63, 3.8) is 0 Å². The Labute approximate surface area is 171 Å². The molecule has 0 saturated heterocycles. The van der Waals surface area contributed by atoms with Crippen LogP contribution in [0.5, 0.6) is 0 Å². The van der Waals surface area contributed by atoms with Crippen LogP contribution >= 0.6 is 35.0 Å². The maximum atomic E-state index is 12.8. The van der Waals surface area contributed by atoms with Crippen molar-refractivity contribution in [1.29, 1.82) is 0 Å². The van der Waals surface area contributed by atoms with Crippen molar-refractivity contribution >= 4 is 46.6 Å². The molecule has 1 amide bonds. The molecule has 0 aliphatic heterocycles. The molecule has 3 aromatic rings. The molecule has 1 N–H and O–H groups in total. The minimum atomic E-state index is -4.54. The third kappa shape index (κ3) is 5.18. The number of amides is 1. The van der Waals surface area contributed by atoms with Gasteiger partial charge in [-0.1, -0.05) is 35.0 Å². The smallest absolute Gasteiger partial charge is 0.411 e. The van der Waals surface area contributed by atoms with Gasteiger partial charge >= 0.3 is 6.18 Å².